The first kappa shape index (κ1) is 19.5. The van der Waals surface area contributed by atoms with Crippen molar-refractivity contribution in [1.82, 2.24) is 5.32 Å². The van der Waals surface area contributed by atoms with Crippen LogP contribution in [0.1, 0.15) is 25.3 Å². The van der Waals surface area contributed by atoms with Crippen molar-refractivity contribution in [2.75, 3.05) is 13.2 Å². The summed E-state index contributed by atoms with van der Waals surface area (Å²) in [5.41, 5.74) is 6.29. The van der Waals surface area contributed by atoms with Crippen LogP contribution in [0.2, 0.25) is 10.0 Å². The summed E-state index contributed by atoms with van der Waals surface area (Å²) in [7, 11) is 0. The Hall–Kier alpha value is -0.520. The molecule has 1 aliphatic heterocycles. The highest BCUT2D eigenvalue weighted by Crippen LogP contribution is 2.23. The number of amides is 1. The van der Waals surface area contributed by atoms with E-state index in [1.807, 2.05) is 13.0 Å². The first-order valence-corrected chi connectivity index (χ1v) is 7.78. The normalized spacial score (nSPS) is 18.2. The number of benzene rings is 1. The fourth-order valence-corrected chi connectivity index (χ4v) is 2.88. The minimum absolute atomic E-state index is 0. The minimum atomic E-state index is -0.823. The molecule has 3 N–H and O–H groups in total. The lowest BCUT2D eigenvalue weighted by atomic mass is 9.90. The number of rotatable bonds is 4. The van der Waals surface area contributed by atoms with Gasteiger partial charge in [-0.3, -0.25) is 4.79 Å². The van der Waals surface area contributed by atoms with Gasteiger partial charge >= 0.3 is 0 Å². The summed E-state index contributed by atoms with van der Waals surface area (Å²) in [5, 5.41) is 4.18. The van der Waals surface area contributed by atoms with Crippen LogP contribution in [-0.4, -0.2) is 30.7 Å². The van der Waals surface area contributed by atoms with Gasteiger partial charge in [0, 0.05) is 29.3 Å². The van der Waals surface area contributed by atoms with Gasteiger partial charge in [0.2, 0.25) is 5.91 Å². The fraction of sp³-hybridized carbons (Fsp3) is 0.533. The smallest absolute Gasteiger partial charge is 0.240 e. The van der Waals surface area contributed by atoms with Crippen molar-refractivity contribution in [2.45, 2.75) is 37.8 Å². The number of hydrogen-bond donors (Lipinski definition) is 2. The Morgan fingerprint density at radius 2 is 2.05 bits per heavy atom. The van der Waals surface area contributed by atoms with Crippen LogP contribution in [-0.2, 0) is 16.0 Å². The Morgan fingerprint density at radius 3 is 2.64 bits per heavy atom. The van der Waals surface area contributed by atoms with Gasteiger partial charge < -0.3 is 15.8 Å². The van der Waals surface area contributed by atoms with Gasteiger partial charge in [-0.15, -0.1) is 12.4 Å². The molecule has 1 aromatic rings. The van der Waals surface area contributed by atoms with Crippen molar-refractivity contribution >= 4 is 41.5 Å². The van der Waals surface area contributed by atoms with Crippen LogP contribution in [0, 0.1) is 0 Å². The monoisotopic (exact) mass is 366 g/mol. The maximum atomic E-state index is 12.3. The van der Waals surface area contributed by atoms with E-state index in [4.69, 9.17) is 33.7 Å². The van der Waals surface area contributed by atoms with Crippen LogP contribution in [0.4, 0.5) is 0 Å². The molecule has 1 aliphatic rings. The maximum Gasteiger partial charge on any atom is 0.240 e. The van der Waals surface area contributed by atoms with Crippen molar-refractivity contribution in [3.05, 3.63) is 33.8 Å². The van der Waals surface area contributed by atoms with Gasteiger partial charge in [-0.05, 0) is 43.9 Å². The molecule has 0 bridgehead atoms. The highest BCUT2D eigenvalue weighted by atomic mass is 35.5. The molecule has 0 radical (unpaired) electrons. The van der Waals surface area contributed by atoms with Gasteiger partial charge in [-0.2, -0.15) is 0 Å². The van der Waals surface area contributed by atoms with Crippen molar-refractivity contribution in [1.29, 1.82) is 0 Å². The van der Waals surface area contributed by atoms with E-state index in [0.29, 0.717) is 42.5 Å². The minimum Gasteiger partial charge on any atom is -0.381 e. The molecule has 1 saturated heterocycles. The standard InChI is InChI=1S/C15H20Cl2N2O2.ClH/c1-10(8-11-2-3-12(16)9-13(11)17)19-14(20)15(18)4-6-21-7-5-15;/h2-3,9-10H,4-8,18H2,1H3,(H,19,20);1H. The van der Waals surface area contributed by atoms with Gasteiger partial charge in [0.25, 0.3) is 0 Å². The molecular formula is C15H21Cl3N2O2. The zero-order valence-electron chi connectivity index (χ0n) is 12.4. The third kappa shape index (κ3) is 5.00. The van der Waals surface area contributed by atoms with Crippen LogP contribution in [0.15, 0.2) is 18.2 Å². The third-order valence-corrected chi connectivity index (χ3v) is 4.34. The first-order valence-electron chi connectivity index (χ1n) is 7.02. The van der Waals surface area contributed by atoms with E-state index in [-0.39, 0.29) is 24.4 Å². The lowest BCUT2D eigenvalue weighted by Gasteiger charge is -2.33. The van der Waals surface area contributed by atoms with Gasteiger partial charge in [0.1, 0.15) is 0 Å². The SMILES string of the molecule is CC(Cc1ccc(Cl)cc1Cl)NC(=O)C1(N)CCOCC1.Cl. The quantitative estimate of drug-likeness (QED) is 0.860. The van der Waals surface area contributed by atoms with Crippen LogP contribution in [0.3, 0.4) is 0 Å². The van der Waals surface area contributed by atoms with Crippen molar-refractivity contribution in [2.24, 2.45) is 5.73 Å². The Kier molecular flexibility index (Phi) is 7.42. The van der Waals surface area contributed by atoms with E-state index in [2.05, 4.69) is 5.32 Å². The lowest BCUT2D eigenvalue weighted by molar-refractivity contribution is -0.130. The van der Waals surface area contributed by atoms with Gasteiger partial charge in [-0.1, -0.05) is 29.3 Å². The Bertz CT molecular complexity index is 520. The Balaban J connectivity index is 0.00000242. The molecule has 1 amide bonds. The number of carbonyl (C=O) groups excluding carboxylic acids is 1. The first-order chi connectivity index (χ1) is 9.90. The average Bonchev–Trinajstić information content (AvgIpc) is 2.43. The molecule has 1 aromatic carbocycles. The van der Waals surface area contributed by atoms with Gasteiger partial charge in [0.15, 0.2) is 0 Å². The second-order valence-corrected chi connectivity index (χ2v) is 6.43. The molecule has 0 spiro atoms. The fourth-order valence-electron chi connectivity index (χ4n) is 2.40. The highest BCUT2D eigenvalue weighted by molar-refractivity contribution is 6.35. The van der Waals surface area contributed by atoms with E-state index in [1.54, 1.807) is 12.1 Å². The van der Waals surface area contributed by atoms with Crippen LogP contribution < -0.4 is 11.1 Å². The van der Waals surface area contributed by atoms with E-state index < -0.39 is 5.54 Å². The Labute approximate surface area is 147 Å². The number of halogens is 3. The molecular weight excluding hydrogens is 347 g/mol. The summed E-state index contributed by atoms with van der Waals surface area (Å²) in [5.74, 6) is -0.122. The predicted octanol–water partition coefficient (Wildman–Crippen LogP) is 2.97. The van der Waals surface area contributed by atoms with Gasteiger partial charge in [0.05, 0.1) is 5.54 Å². The van der Waals surface area contributed by atoms with E-state index in [9.17, 15) is 4.79 Å². The molecule has 1 atom stereocenters. The topological polar surface area (TPSA) is 64.4 Å². The molecule has 4 nitrogen and oxygen atoms in total. The third-order valence-electron chi connectivity index (χ3n) is 3.76. The molecule has 2 rings (SSSR count). The van der Waals surface area contributed by atoms with Crippen molar-refractivity contribution < 1.29 is 9.53 Å². The molecule has 7 heteroatoms. The summed E-state index contributed by atoms with van der Waals surface area (Å²) in [6.07, 6.45) is 1.73. The maximum absolute atomic E-state index is 12.3. The van der Waals surface area contributed by atoms with Crippen LogP contribution in [0.25, 0.3) is 0 Å². The zero-order chi connectivity index (χ0) is 15.5. The largest absolute Gasteiger partial charge is 0.381 e. The number of hydrogen-bond acceptors (Lipinski definition) is 3. The highest BCUT2D eigenvalue weighted by Gasteiger charge is 2.36. The molecule has 1 unspecified atom stereocenters. The summed E-state index contributed by atoms with van der Waals surface area (Å²) in [6.45, 7) is 2.99. The molecule has 0 saturated carbocycles. The summed E-state index contributed by atoms with van der Waals surface area (Å²) in [6, 6.07) is 5.32. The van der Waals surface area contributed by atoms with Crippen molar-refractivity contribution in [3.63, 3.8) is 0 Å². The number of nitrogens with one attached hydrogen (secondary N) is 1. The molecule has 1 heterocycles. The Morgan fingerprint density at radius 1 is 1.41 bits per heavy atom. The van der Waals surface area contributed by atoms with E-state index in [1.165, 1.54) is 0 Å². The summed E-state index contributed by atoms with van der Waals surface area (Å²) >= 11 is 12.0. The second kappa shape index (κ2) is 8.37. The molecule has 0 aliphatic carbocycles. The number of nitrogens with two attached hydrogens (primary N) is 1. The number of carbonyl (C=O) groups is 1. The van der Waals surface area contributed by atoms with Crippen molar-refractivity contribution in [3.8, 4) is 0 Å². The van der Waals surface area contributed by atoms with Crippen LogP contribution >= 0.6 is 35.6 Å². The lowest BCUT2D eigenvalue weighted by Crippen LogP contribution is -2.58. The zero-order valence-corrected chi connectivity index (χ0v) is 14.7. The molecule has 1 fully saturated rings. The molecule has 0 aromatic heterocycles. The van der Waals surface area contributed by atoms with Gasteiger partial charge in [-0.25, -0.2) is 0 Å². The summed E-state index contributed by atoms with van der Waals surface area (Å²) < 4.78 is 5.25. The predicted molar refractivity (Wildman–Crippen MR) is 92.0 cm³/mol. The molecule has 124 valence electrons. The second-order valence-electron chi connectivity index (χ2n) is 5.58. The average molecular weight is 368 g/mol. The van der Waals surface area contributed by atoms with E-state index in [0.717, 1.165) is 5.56 Å². The van der Waals surface area contributed by atoms with Crippen LogP contribution in [0.5, 0.6) is 0 Å². The molecule has 22 heavy (non-hydrogen) atoms. The summed E-state index contributed by atoms with van der Waals surface area (Å²) in [4.78, 5) is 12.3. The van der Waals surface area contributed by atoms with E-state index >= 15 is 0 Å². The number of ether oxygens (including phenoxy) is 1.